The Morgan fingerprint density at radius 2 is 1.67 bits per heavy atom. The number of hydrogen-bond donors (Lipinski definition) is 4. The number of nitrogens with one attached hydrogen (secondary N) is 1. The number of aliphatic hydroxyl groups excluding tert-OH is 3. The number of carbonyl (C=O) groups excluding carboxylic acids is 1. The van der Waals surface area contributed by atoms with Crippen LogP contribution in [-0.2, 0) is 38.0 Å². The molecule has 262 valence electrons. The maximum absolute atomic E-state index is 13.9. The van der Waals surface area contributed by atoms with E-state index in [1.165, 1.54) is 0 Å². The minimum atomic E-state index is -0.956. The minimum absolute atomic E-state index is 0.0482. The summed E-state index contributed by atoms with van der Waals surface area (Å²) >= 11 is 0. The van der Waals surface area contributed by atoms with E-state index in [0.717, 1.165) is 0 Å². The molecule has 45 heavy (non-hydrogen) atoms. The summed E-state index contributed by atoms with van der Waals surface area (Å²) in [5, 5.41) is 36.1. The van der Waals surface area contributed by atoms with Crippen molar-refractivity contribution in [1.29, 1.82) is 0 Å². The second kappa shape index (κ2) is 14.3. The van der Waals surface area contributed by atoms with Gasteiger partial charge in [-0.2, -0.15) is 0 Å². The third kappa shape index (κ3) is 7.40. The van der Waals surface area contributed by atoms with Crippen molar-refractivity contribution in [1.82, 2.24) is 5.32 Å². The topological polar surface area (TPSA) is 154 Å². The zero-order valence-corrected chi connectivity index (χ0v) is 29.0. The number of cyclic esters (lactones) is 1. The van der Waals surface area contributed by atoms with Crippen molar-refractivity contribution < 1.29 is 53.3 Å². The molecule has 0 saturated carbocycles. The minimum Gasteiger partial charge on any atom is -0.459 e. The van der Waals surface area contributed by atoms with Crippen molar-refractivity contribution in [2.24, 2.45) is 23.7 Å². The number of methoxy groups -OCH3 is 1. The van der Waals surface area contributed by atoms with E-state index < -0.39 is 84.3 Å². The second-order valence-electron chi connectivity index (χ2n) is 14.8. The molecule has 0 aromatic heterocycles. The van der Waals surface area contributed by atoms with Crippen LogP contribution in [0.3, 0.4) is 0 Å². The van der Waals surface area contributed by atoms with Gasteiger partial charge in [-0.25, -0.2) is 0 Å². The van der Waals surface area contributed by atoms with Gasteiger partial charge in [-0.1, -0.05) is 20.8 Å². The Labute approximate surface area is 268 Å². The van der Waals surface area contributed by atoms with E-state index >= 15 is 0 Å². The Morgan fingerprint density at radius 1 is 1.00 bits per heavy atom. The van der Waals surface area contributed by atoms with E-state index in [1.807, 2.05) is 34.6 Å². The summed E-state index contributed by atoms with van der Waals surface area (Å²) < 4.78 is 44.5. The summed E-state index contributed by atoms with van der Waals surface area (Å²) in [6, 6.07) is -0.233. The molecule has 0 amide bonds. The molecule has 0 aromatic carbocycles. The van der Waals surface area contributed by atoms with E-state index in [9.17, 15) is 20.1 Å². The molecule has 4 N–H and O–H groups in total. The predicted octanol–water partition coefficient (Wildman–Crippen LogP) is 2.14. The summed E-state index contributed by atoms with van der Waals surface area (Å²) in [6.45, 7) is 16.9. The second-order valence-corrected chi connectivity index (χ2v) is 14.8. The van der Waals surface area contributed by atoms with E-state index in [-0.39, 0.29) is 36.5 Å². The lowest BCUT2D eigenvalue weighted by Crippen LogP contribution is -2.60. The van der Waals surface area contributed by atoms with Gasteiger partial charge in [0.15, 0.2) is 12.6 Å². The monoisotopic (exact) mass is 645 g/mol. The van der Waals surface area contributed by atoms with Crippen LogP contribution in [0.5, 0.6) is 0 Å². The number of carbonyl (C=O) groups is 1. The van der Waals surface area contributed by atoms with E-state index in [2.05, 4.69) is 12.2 Å². The number of likely N-dealkylation sites (N-methyl/N-ethyl adjacent to an activating group) is 1. The van der Waals surface area contributed by atoms with Gasteiger partial charge in [0, 0.05) is 31.4 Å². The van der Waals surface area contributed by atoms with Crippen LogP contribution in [0.2, 0.25) is 0 Å². The number of esters is 1. The first kappa shape index (κ1) is 36.9. The van der Waals surface area contributed by atoms with Gasteiger partial charge in [0.1, 0.15) is 18.3 Å². The predicted molar refractivity (Wildman–Crippen MR) is 164 cm³/mol. The summed E-state index contributed by atoms with van der Waals surface area (Å²) in [7, 11) is 3.35. The highest BCUT2D eigenvalue weighted by molar-refractivity contribution is 5.73. The molecule has 0 aliphatic carbocycles. The molecular weight excluding hydrogens is 586 g/mol. The third-order valence-corrected chi connectivity index (χ3v) is 11.0. The molecule has 12 heteroatoms. The van der Waals surface area contributed by atoms with Crippen LogP contribution in [-0.4, -0.2) is 120 Å². The lowest BCUT2D eigenvalue weighted by molar-refractivity contribution is -0.316. The van der Waals surface area contributed by atoms with Gasteiger partial charge in [0.25, 0.3) is 0 Å². The summed E-state index contributed by atoms with van der Waals surface area (Å²) in [5.41, 5.74) is -1.81. The fourth-order valence-electron chi connectivity index (χ4n) is 8.31. The molecule has 4 saturated heterocycles. The quantitative estimate of drug-likeness (QED) is 0.300. The number of ether oxygens (including phenoxy) is 7. The van der Waals surface area contributed by atoms with Crippen LogP contribution in [0.15, 0.2) is 0 Å². The zero-order chi connectivity index (χ0) is 33.6. The van der Waals surface area contributed by atoms with Crippen molar-refractivity contribution in [3.8, 4) is 0 Å². The molecule has 0 spiro atoms. The largest absolute Gasteiger partial charge is 0.459 e. The molecule has 4 rings (SSSR count). The maximum atomic E-state index is 13.9. The average molecular weight is 646 g/mol. The molecule has 0 radical (unpaired) electrons. The highest BCUT2D eigenvalue weighted by Gasteiger charge is 2.57. The lowest BCUT2D eigenvalue weighted by atomic mass is 9.77. The van der Waals surface area contributed by atoms with Gasteiger partial charge in [-0.05, 0) is 67.3 Å². The van der Waals surface area contributed by atoms with Crippen LogP contribution in [0.1, 0.15) is 81.6 Å². The van der Waals surface area contributed by atoms with Gasteiger partial charge >= 0.3 is 5.97 Å². The number of hydrogen-bond acceptors (Lipinski definition) is 12. The van der Waals surface area contributed by atoms with Gasteiger partial charge < -0.3 is 53.8 Å². The first-order valence-corrected chi connectivity index (χ1v) is 16.7. The summed E-state index contributed by atoms with van der Waals surface area (Å²) in [6.07, 6.45) is -6.46. The summed E-state index contributed by atoms with van der Waals surface area (Å²) in [5.74, 6) is -2.09. The molecule has 4 aliphatic rings. The Balaban J connectivity index is 1.77. The van der Waals surface area contributed by atoms with Crippen LogP contribution in [0.25, 0.3) is 0 Å². The molecule has 3 unspecified atom stereocenters. The normalized spacial score (nSPS) is 52.1. The molecule has 2 bridgehead atoms. The number of aliphatic hydroxyl groups is 3. The van der Waals surface area contributed by atoms with E-state index in [0.29, 0.717) is 12.8 Å². The summed E-state index contributed by atoms with van der Waals surface area (Å²) in [4.78, 5) is 13.9. The first-order chi connectivity index (χ1) is 21.0. The van der Waals surface area contributed by atoms with Crippen LogP contribution in [0.4, 0.5) is 0 Å². The van der Waals surface area contributed by atoms with Crippen molar-refractivity contribution >= 4 is 5.97 Å². The Hall–Kier alpha value is -0.930. The van der Waals surface area contributed by atoms with Gasteiger partial charge in [0.05, 0.1) is 53.7 Å². The van der Waals surface area contributed by atoms with Crippen molar-refractivity contribution in [2.75, 3.05) is 14.2 Å². The van der Waals surface area contributed by atoms with Crippen molar-refractivity contribution in [3.63, 3.8) is 0 Å². The Bertz CT molecular complexity index is 1000. The molecule has 18 atom stereocenters. The van der Waals surface area contributed by atoms with E-state index in [1.54, 1.807) is 34.9 Å². The molecule has 4 aliphatic heterocycles. The smallest absolute Gasteiger partial charge is 0.311 e. The average Bonchev–Trinajstić information content (AvgIpc) is 3.29. The fourth-order valence-corrected chi connectivity index (χ4v) is 8.31. The third-order valence-electron chi connectivity index (χ3n) is 11.0. The highest BCUT2D eigenvalue weighted by Crippen LogP contribution is 2.47. The fraction of sp³-hybridized carbons (Fsp3) is 0.970. The van der Waals surface area contributed by atoms with Crippen molar-refractivity contribution in [2.45, 2.75) is 166 Å². The highest BCUT2D eigenvalue weighted by atomic mass is 16.7. The van der Waals surface area contributed by atoms with Crippen LogP contribution < -0.4 is 5.32 Å². The van der Waals surface area contributed by atoms with Gasteiger partial charge in [0.2, 0.25) is 0 Å². The van der Waals surface area contributed by atoms with Crippen LogP contribution in [0, 0.1) is 23.7 Å². The van der Waals surface area contributed by atoms with Gasteiger partial charge in [-0.3, -0.25) is 4.79 Å². The standard InChI is InChI=1S/C33H59NO11/c1-15-13-33(9)29(44-31-24(36)22(34-10)12-16(2)40-31)18(4)26(42-23-14-32(8,39-11)28(37)21(7)41-23)19(5)30(38)43-27(20(6)35)17(3)25(15)45-33/h15-29,31,34-37H,12-14H2,1-11H3/t15?,16-,17+,18+,19-,20?,21+,22+,23+,24-,25?,26+,27-,28+,29-,31+,32-,33-/m1/s1. The van der Waals surface area contributed by atoms with E-state index in [4.69, 9.17) is 33.2 Å². The van der Waals surface area contributed by atoms with Crippen molar-refractivity contribution in [3.05, 3.63) is 0 Å². The molecule has 0 aromatic rings. The SMILES string of the molecule is CN[C@H]1C[C@@H](C)O[C@@H](O[C@@H]2[C@@H](C)[C@H](O[C@H]3C[C@@](C)(OC)[C@@H](O)[C@H](C)O3)[C@@H](C)C(=O)O[C@@H](C(C)O)[C@@H](C)C3O[C@]2(C)CC3C)[C@@H]1O. The molecule has 4 heterocycles. The molecule has 12 nitrogen and oxygen atoms in total. The van der Waals surface area contributed by atoms with Gasteiger partial charge in [-0.15, -0.1) is 0 Å². The number of fused-ring (bicyclic) bond motifs is 2. The molecular formula is C33H59NO11. The number of rotatable bonds is 7. The molecule has 4 fully saturated rings. The maximum Gasteiger partial charge on any atom is 0.311 e. The lowest BCUT2D eigenvalue weighted by Gasteiger charge is -2.48. The van der Waals surface area contributed by atoms with Crippen LogP contribution >= 0.6 is 0 Å². The Kier molecular flexibility index (Phi) is 11.7. The zero-order valence-electron chi connectivity index (χ0n) is 29.0. The first-order valence-electron chi connectivity index (χ1n) is 16.7. The Morgan fingerprint density at radius 3 is 2.27 bits per heavy atom.